The average Bonchev–Trinajstić information content (AvgIpc) is 2.91. The second-order valence-electron chi connectivity index (χ2n) is 5.97. The number of aromatic nitrogens is 2. The van der Waals surface area contributed by atoms with Crippen LogP contribution in [0.4, 0.5) is 0 Å². The molecule has 2 aromatic rings. The molecule has 0 aliphatic carbocycles. The highest BCUT2D eigenvalue weighted by Gasteiger charge is 2.25. The van der Waals surface area contributed by atoms with E-state index in [0.717, 1.165) is 42.5 Å². The minimum absolute atomic E-state index is 0.174. The molecule has 5 nitrogen and oxygen atoms in total. The van der Waals surface area contributed by atoms with Crippen molar-refractivity contribution in [2.75, 3.05) is 13.1 Å². The van der Waals surface area contributed by atoms with E-state index in [-0.39, 0.29) is 11.9 Å². The van der Waals surface area contributed by atoms with Crippen molar-refractivity contribution < 1.29 is 4.79 Å². The third-order valence-corrected chi connectivity index (χ3v) is 4.50. The molecule has 0 saturated carbocycles. The lowest BCUT2D eigenvalue weighted by molar-refractivity contribution is -0.132. The van der Waals surface area contributed by atoms with Gasteiger partial charge in [-0.25, -0.2) is 0 Å². The third-order valence-electron chi connectivity index (χ3n) is 4.50. The van der Waals surface area contributed by atoms with Gasteiger partial charge in [0, 0.05) is 24.5 Å². The van der Waals surface area contributed by atoms with Crippen LogP contribution in [0.1, 0.15) is 25.5 Å². The van der Waals surface area contributed by atoms with Crippen molar-refractivity contribution in [3.63, 3.8) is 0 Å². The maximum Gasteiger partial charge on any atom is 0.228 e. The van der Waals surface area contributed by atoms with Gasteiger partial charge in [-0.3, -0.25) is 9.89 Å². The Morgan fingerprint density at radius 2 is 2.14 bits per heavy atom. The van der Waals surface area contributed by atoms with Gasteiger partial charge in [0.25, 0.3) is 0 Å². The smallest absolute Gasteiger partial charge is 0.228 e. The lowest BCUT2D eigenvalue weighted by atomic mass is 9.91. The Morgan fingerprint density at radius 3 is 2.86 bits per heavy atom. The van der Waals surface area contributed by atoms with Gasteiger partial charge in [0.1, 0.15) is 0 Å². The Balaban J connectivity index is 1.65. The summed E-state index contributed by atoms with van der Waals surface area (Å²) in [6.07, 6.45) is 2.41. The lowest BCUT2D eigenvalue weighted by Gasteiger charge is -2.33. The average molecular weight is 286 g/mol. The number of amides is 1. The summed E-state index contributed by atoms with van der Waals surface area (Å²) < 4.78 is 0. The Hall–Kier alpha value is -1.88. The van der Waals surface area contributed by atoms with Crippen LogP contribution in [-0.4, -0.2) is 40.1 Å². The van der Waals surface area contributed by atoms with E-state index >= 15 is 0 Å². The zero-order valence-corrected chi connectivity index (χ0v) is 12.4. The van der Waals surface area contributed by atoms with Gasteiger partial charge < -0.3 is 10.6 Å². The number of rotatable bonds is 3. The van der Waals surface area contributed by atoms with Crippen LogP contribution in [0.2, 0.25) is 0 Å². The summed E-state index contributed by atoms with van der Waals surface area (Å²) >= 11 is 0. The minimum atomic E-state index is 0.174. The molecule has 3 N–H and O–H groups in total. The van der Waals surface area contributed by atoms with Crippen molar-refractivity contribution in [1.82, 2.24) is 15.1 Å². The number of carbonyl (C=O) groups is 1. The molecule has 1 aromatic heterocycles. The van der Waals surface area contributed by atoms with E-state index in [9.17, 15) is 4.79 Å². The van der Waals surface area contributed by atoms with Crippen LogP contribution in [0.15, 0.2) is 24.3 Å². The van der Waals surface area contributed by atoms with Gasteiger partial charge >= 0.3 is 0 Å². The Morgan fingerprint density at radius 1 is 1.43 bits per heavy atom. The van der Waals surface area contributed by atoms with Crippen LogP contribution in [0.25, 0.3) is 10.9 Å². The molecule has 1 unspecified atom stereocenters. The number of hydrogen-bond donors (Lipinski definition) is 2. The first-order valence-electron chi connectivity index (χ1n) is 7.60. The number of hydrogen-bond acceptors (Lipinski definition) is 3. The number of aromatic amines is 1. The highest BCUT2D eigenvalue weighted by molar-refractivity contribution is 5.87. The predicted molar refractivity (Wildman–Crippen MR) is 82.8 cm³/mol. The quantitative estimate of drug-likeness (QED) is 0.901. The number of carbonyl (C=O) groups excluding carboxylic acids is 1. The van der Waals surface area contributed by atoms with Gasteiger partial charge in [0.2, 0.25) is 5.91 Å². The zero-order valence-electron chi connectivity index (χ0n) is 12.4. The van der Waals surface area contributed by atoms with E-state index in [4.69, 9.17) is 5.73 Å². The lowest BCUT2D eigenvalue weighted by Crippen LogP contribution is -2.43. The van der Waals surface area contributed by atoms with Crippen molar-refractivity contribution in [3.8, 4) is 0 Å². The van der Waals surface area contributed by atoms with Gasteiger partial charge in [-0.2, -0.15) is 5.10 Å². The maximum atomic E-state index is 12.4. The van der Waals surface area contributed by atoms with Gasteiger partial charge in [0.15, 0.2) is 0 Å². The SMILES string of the molecule is CC(N)C1CCN(C(=O)Cc2[nH]nc3ccccc23)CC1. The number of nitrogens with one attached hydrogen (secondary N) is 1. The first-order valence-corrected chi connectivity index (χ1v) is 7.60. The molecule has 112 valence electrons. The highest BCUT2D eigenvalue weighted by Crippen LogP contribution is 2.21. The summed E-state index contributed by atoms with van der Waals surface area (Å²) in [4.78, 5) is 14.4. The molecule has 1 aliphatic rings. The molecule has 0 spiro atoms. The van der Waals surface area contributed by atoms with Crippen LogP contribution in [0.5, 0.6) is 0 Å². The molecular weight excluding hydrogens is 264 g/mol. The normalized spacial score (nSPS) is 18.1. The minimum Gasteiger partial charge on any atom is -0.342 e. The van der Waals surface area contributed by atoms with E-state index in [0.29, 0.717) is 12.3 Å². The summed E-state index contributed by atoms with van der Waals surface area (Å²) in [5, 5.41) is 8.27. The Labute approximate surface area is 124 Å². The molecule has 1 aliphatic heterocycles. The second kappa shape index (κ2) is 5.85. The van der Waals surface area contributed by atoms with E-state index in [1.165, 1.54) is 0 Å². The van der Waals surface area contributed by atoms with Crippen LogP contribution in [-0.2, 0) is 11.2 Å². The zero-order chi connectivity index (χ0) is 14.8. The van der Waals surface area contributed by atoms with Crippen LogP contribution >= 0.6 is 0 Å². The van der Waals surface area contributed by atoms with E-state index in [1.54, 1.807) is 0 Å². The summed E-state index contributed by atoms with van der Waals surface area (Å²) in [7, 11) is 0. The van der Waals surface area contributed by atoms with Crippen molar-refractivity contribution in [1.29, 1.82) is 0 Å². The summed E-state index contributed by atoms with van der Waals surface area (Å²) in [6.45, 7) is 3.69. The molecule has 2 heterocycles. The second-order valence-corrected chi connectivity index (χ2v) is 5.97. The molecule has 0 bridgehead atoms. The first-order chi connectivity index (χ1) is 10.1. The molecule has 21 heavy (non-hydrogen) atoms. The van der Waals surface area contributed by atoms with Crippen molar-refractivity contribution in [2.45, 2.75) is 32.2 Å². The monoisotopic (exact) mass is 286 g/mol. The standard InChI is InChI=1S/C16H22N4O/c1-11(17)12-6-8-20(9-7-12)16(21)10-15-13-4-2-3-5-14(13)18-19-15/h2-5,11-12H,6-10,17H2,1H3,(H,18,19). The molecule has 5 heteroatoms. The summed E-state index contributed by atoms with van der Waals surface area (Å²) in [6, 6.07) is 8.10. The van der Waals surface area contributed by atoms with Gasteiger partial charge in [-0.15, -0.1) is 0 Å². The Bertz CT molecular complexity index is 626. The number of benzene rings is 1. The number of piperidine rings is 1. The van der Waals surface area contributed by atoms with E-state index in [2.05, 4.69) is 17.1 Å². The van der Waals surface area contributed by atoms with Gasteiger partial charge in [-0.05, 0) is 31.7 Å². The molecule has 0 radical (unpaired) electrons. The summed E-state index contributed by atoms with van der Waals surface area (Å²) in [5.74, 6) is 0.717. The molecule has 3 rings (SSSR count). The maximum absolute atomic E-state index is 12.4. The van der Waals surface area contributed by atoms with Gasteiger partial charge in [0.05, 0.1) is 17.6 Å². The van der Waals surface area contributed by atoms with E-state index in [1.807, 2.05) is 29.2 Å². The number of H-pyrrole nitrogens is 1. The highest BCUT2D eigenvalue weighted by atomic mass is 16.2. The fourth-order valence-corrected chi connectivity index (χ4v) is 3.09. The van der Waals surface area contributed by atoms with E-state index < -0.39 is 0 Å². The third kappa shape index (κ3) is 2.93. The molecule has 1 amide bonds. The first kappa shape index (κ1) is 14.1. The number of likely N-dealkylation sites (tertiary alicyclic amines) is 1. The molecular formula is C16H22N4O. The Kier molecular flexibility index (Phi) is 3.92. The molecule has 1 saturated heterocycles. The number of para-hydroxylation sites is 1. The fraction of sp³-hybridized carbons (Fsp3) is 0.500. The largest absolute Gasteiger partial charge is 0.342 e. The van der Waals surface area contributed by atoms with Crippen LogP contribution in [0, 0.1) is 5.92 Å². The van der Waals surface area contributed by atoms with Crippen LogP contribution in [0.3, 0.4) is 0 Å². The topological polar surface area (TPSA) is 75.0 Å². The van der Waals surface area contributed by atoms with Crippen molar-refractivity contribution in [2.24, 2.45) is 11.7 Å². The number of nitrogens with zero attached hydrogens (tertiary/aromatic N) is 2. The van der Waals surface area contributed by atoms with Gasteiger partial charge in [-0.1, -0.05) is 18.2 Å². The number of nitrogens with two attached hydrogens (primary N) is 1. The molecule has 1 atom stereocenters. The van der Waals surface area contributed by atoms with Crippen LogP contribution < -0.4 is 5.73 Å². The predicted octanol–water partition coefficient (Wildman–Crippen LogP) is 1.69. The van der Waals surface area contributed by atoms with Crippen molar-refractivity contribution >= 4 is 16.8 Å². The fourth-order valence-electron chi connectivity index (χ4n) is 3.09. The molecule has 1 aromatic carbocycles. The van der Waals surface area contributed by atoms with Crippen molar-refractivity contribution in [3.05, 3.63) is 30.0 Å². The summed E-state index contributed by atoms with van der Waals surface area (Å²) in [5.41, 5.74) is 7.76. The number of fused-ring (bicyclic) bond motifs is 1. The molecule has 1 fully saturated rings.